The van der Waals surface area contributed by atoms with Crippen LogP contribution >= 0.6 is 28.6 Å². The average molecular weight is 1570 g/mol. The number of fused-ring (bicyclic) bond motifs is 9. The van der Waals surface area contributed by atoms with Gasteiger partial charge in [0.25, 0.3) is 0 Å². The SMILES string of the molecule is CC1(C)Oc2ccccc2-c2cc(-c3ccc4c(c3)-c3ccccc3OC(C)(C)O4)ccc2O1.O=P(c1ccccc1)(c1ccccc1)c1ccc(-c2ccc(P(=O)(c3ccccc3)c3ccccc3)cc2)cc1.O=P(c1ccccc1)(c1ccccc1)c1ccc2oc3ccc(P(=O)(c4ccccc4)c4ccccc4)cc3c2c1. The predicted octanol–water partition coefficient (Wildman–Crippen LogP) is 21.2. The second kappa shape index (κ2) is 31.4. The molecule has 115 heavy (non-hydrogen) atoms. The number of hydrogen-bond acceptors (Lipinski definition) is 9. The maximum absolute atomic E-state index is 15.0. The van der Waals surface area contributed by atoms with Crippen molar-refractivity contribution in [3.8, 4) is 67.5 Å². The Morgan fingerprint density at radius 1 is 0.191 bits per heavy atom. The van der Waals surface area contributed by atoms with Gasteiger partial charge in [0.15, 0.2) is 28.6 Å². The number of hydrogen-bond donors (Lipinski definition) is 0. The van der Waals surface area contributed by atoms with Crippen molar-refractivity contribution in [3.05, 3.63) is 413 Å². The lowest BCUT2D eigenvalue weighted by Gasteiger charge is -2.25. The fraction of sp³-hybridized carbons (Fsp3) is 0.0588. The van der Waals surface area contributed by atoms with Gasteiger partial charge in [0.05, 0.1) is 0 Å². The van der Waals surface area contributed by atoms with Crippen LogP contribution in [0.5, 0.6) is 23.0 Å². The van der Waals surface area contributed by atoms with Gasteiger partial charge >= 0.3 is 0 Å². The van der Waals surface area contributed by atoms with E-state index in [0.717, 1.165) is 142 Å². The Balaban J connectivity index is 0.000000125. The van der Waals surface area contributed by atoms with Crippen molar-refractivity contribution < 1.29 is 41.6 Å². The molecule has 0 saturated heterocycles. The average Bonchev–Trinajstić information content (AvgIpc) is 1.71. The van der Waals surface area contributed by atoms with E-state index < -0.39 is 40.1 Å². The molecule has 0 radical (unpaired) electrons. The van der Waals surface area contributed by atoms with E-state index >= 15 is 9.13 Å². The molecule has 13 heteroatoms. The molecule has 0 saturated carbocycles. The summed E-state index contributed by atoms with van der Waals surface area (Å²) in [6, 6.07) is 134. The molecule has 0 N–H and O–H groups in total. The summed E-state index contributed by atoms with van der Waals surface area (Å²) >= 11 is 0. The summed E-state index contributed by atoms with van der Waals surface area (Å²) in [5.41, 5.74) is 9.64. The van der Waals surface area contributed by atoms with Crippen LogP contribution < -0.4 is 82.6 Å². The van der Waals surface area contributed by atoms with Gasteiger partial charge in [0.2, 0.25) is 11.6 Å². The van der Waals surface area contributed by atoms with Crippen LogP contribution in [0.15, 0.2) is 417 Å². The minimum Gasteiger partial charge on any atom is -0.456 e. The van der Waals surface area contributed by atoms with Crippen molar-refractivity contribution in [2.24, 2.45) is 0 Å². The van der Waals surface area contributed by atoms with Gasteiger partial charge in [-0.1, -0.05) is 340 Å². The van der Waals surface area contributed by atoms with E-state index in [2.05, 4.69) is 36.4 Å². The van der Waals surface area contributed by atoms with Crippen LogP contribution in [0.4, 0.5) is 0 Å². The molecule has 562 valence electrons. The normalized spacial score (nSPS) is 13.3. The van der Waals surface area contributed by atoms with Crippen molar-refractivity contribution in [3.63, 3.8) is 0 Å². The van der Waals surface area contributed by atoms with Crippen LogP contribution in [-0.4, -0.2) is 11.6 Å². The highest BCUT2D eigenvalue weighted by atomic mass is 31.2. The number of para-hydroxylation sites is 2. The molecule has 9 nitrogen and oxygen atoms in total. The molecule has 1 aromatic heterocycles. The lowest BCUT2D eigenvalue weighted by atomic mass is 9.94. The Morgan fingerprint density at radius 3 is 0.670 bits per heavy atom. The molecule has 0 aliphatic carbocycles. The molecule has 0 atom stereocenters. The molecule has 0 bridgehead atoms. The molecule has 0 fully saturated rings. The number of benzene rings is 16. The van der Waals surface area contributed by atoms with E-state index in [9.17, 15) is 9.13 Å². The maximum Gasteiger partial charge on any atom is 0.245 e. The van der Waals surface area contributed by atoms with Gasteiger partial charge in [0, 0.05) is 124 Å². The van der Waals surface area contributed by atoms with E-state index in [1.54, 1.807) is 0 Å². The Bertz CT molecular complexity index is 5990. The van der Waals surface area contributed by atoms with Gasteiger partial charge < -0.3 is 41.6 Å². The zero-order chi connectivity index (χ0) is 78.8. The monoisotopic (exact) mass is 1570 g/mol. The van der Waals surface area contributed by atoms with Gasteiger partial charge in [0.1, 0.15) is 34.2 Å². The van der Waals surface area contributed by atoms with E-state index in [1.165, 1.54) is 0 Å². The summed E-state index contributed by atoms with van der Waals surface area (Å²) in [6.45, 7) is 7.72. The molecule has 0 amide bonds. The minimum atomic E-state index is -3.17. The first-order valence-corrected chi connectivity index (χ1v) is 45.1. The maximum atomic E-state index is 15.0. The van der Waals surface area contributed by atoms with Crippen molar-refractivity contribution in [1.29, 1.82) is 0 Å². The molecular weight excluding hydrogens is 1490 g/mol. The van der Waals surface area contributed by atoms with Crippen molar-refractivity contribution >= 4 is 114 Å². The first-order valence-electron chi connectivity index (χ1n) is 38.2. The van der Waals surface area contributed by atoms with E-state index in [0.29, 0.717) is 11.2 Å². The van der Waals surface area contributed by atoms with Crippen molar-refractivity contribution in [1.82, 2.24) is 0 Å². The summed E-state index contributed by atoms with van der Waals surface area (Å²) in [4.78, 5) is 0. The smallest absolute Gasteiger partial charge is 0.245 e. The third-order valence-corrected chi connectivity index (χ3v) is 33.3. The fourth-order valence-electron chi connectivity index (χ4n) is 15.4. The summed E-state index contributed by atoms with van der Waals surface area (Å²) < 4.78 is 90.4. The van der Waals surface area contributed by atoms with Crippen LogP contribution in [-0.2, 0) is 18.3 Å². The first-order chi connectivity index (χ1) is 56.0. The van der Waals surface area contributed by atoms with Gasteiger partial charge in [-0.05, 0) is 95.1 Å². The van der Waals surface area contributed by atoms with Gasteiger partial charge in [-0.15, -0.1) is 0 Å². The molecule has 17 aromatic rings. The lowest BCUT2D eigenvalue weighted by Crippen LogP contribution is -2.34. The summed E-state index contributed by atoms with van der Waals surface area (Å²) in [6.07, 6.45) is 0. The van der Waals surface area contributed by atoms with Crippen LogP contribution in [0.1, 0.15) is 27.7 Å². The van der Waals surface area contributed by atoms with Gasteiger partial charge in [-0.3, -0.25) is 0 Å². The minimum absolute atomic E-state index is 0.697. The van der Waals surface area contributed by atoms with Crippen molar-refractivity contribution in [2.45, 2.75) is 39.3 Å². The van der Waals surface area contributed by atoms with E-state index in [4.69, 9.17) is 23.4 Å². The summed E-state index contributed by atoms with van der Waals surface area (Å²) in [5.74, 6) is 1.70. The van der Waals surface area contributed by atoms with Crippen LogP contribution in [0, 0.1) is 0 Å². The van der Waals surface area contributed by atoms with Gasteiger partial charge in [-0.25, -0.2) is 0 Å². The molecule has 3 heterocycles. The van der Waals surface area contributed by atoms with E-state index in [1.807, 2.05) is 404 Å². The zero-order valence-corrected chi connectivity index (χ0v) is 67.3. The van der Waals surface area contributed by atoms with E-state index in [-0.39, 0.29) is 0 Å². The first kappa shape index (κ1) is 75.1. The fourth-order valence-corrected chi connectivity index (χ4v) is 26.1. The molecule has 0 spiro atoms. The molecular formula is C102H80O9P4. The molecule has 0 unspecified atom stereocenters. The Morgan fingerprint density at radius 2 is 0.400 bits per heavy atom. The third-order valence-electron chi connectivity index (χ3n) is 21.0. The highest BCUT2D eigenvalue weighted by Gasteiger charge is 2.37. The van der Waals surface area contributed by atoms with Gasteiger partial charge in [-0.2, -0.15) is 0 Å². The molecule has 2 aliphatic rings. The second-order valence-electron chi connectivity index (χ2n) is 29.3. The number of furan rings is 1. The quantitative estimate of drug-likeness (QED) is 0.0981. The second-order valence-corrected chi connectivity index (χ2v) is 40.4. The van der Waals surface area contributed by atoms with Crippen LogP contribution in [0.25, 0.3) is 66.4 Å². The Hall–Kier alpha value is -12.6. The third kappa shape index (κ3) is 14.7. The lowest BCUT2D eigenvalue weighted by molar-refractivity contribution is -0.0784. The van der Waals surface area contributed by atoms with Crippen molar-refractivity contribution in [2.75, 3.05) is 0 Å². The number of rotatable bonds is 14. The topological polar surface area (TPSA) is 118 Å². The molecule has 2 aliphatic heterocycles. The predicted molar refractivity (Wildman–Crippen MR) is 477 cm³/mol. The highest BCUT2D eigenvalue weighted by Crippen LogP contribution is 2.51. The Kier molecular flexibility index (Phi) is 20.5. The molecule has 16 aromatic carbocycles. The number of ether oxygens (including phenoxy) is 4. The van der Waals surface area contributed by atoms with Crippen LogP contribution in [0.2, 0.25) is 0 Å². The Labute approximate surface area is 670 Å². The summed E-state index contributed by atoms with van der Waals surface area (Å²) in [7, 11) is -12.4. The molecule has 19 rings (SSSR count). The summed E-state index contributed by atoms with van der Waals surface area (Å²) in [5, 5.41) is 11.1. The standard InChI is InChI=1S/C36H26O3P2.C36H28O2P2.C30H26O4/c37-40(27-13-5-1-6-14-27,28-15-7-2-8-16-28)31-21-23-35-33(25-31)34-26-32(22-24-36(34)39-35)41(38,29-17-9-3-10-18-29)30-19-11-4-12-20-30;37-39(31-13-5-1-6-14-31,32-15-7-2-8-16-32)35-25-21-29(22-26-35)30-23-27-36(28-24-30)40(38,33-17-9-3-10-18-33)34-19-11-4-12-20-34;1-29(2)31-25-11-7-5-9-21(25)23-17-19(13-15-27(23)33-29)20-14-16-28-24(18-20)22-10-6-8-12-26(22)32-30(3,4)34-28/h1-26H;1-28H;5-18H,1-4H3. The highest BCUT2D eigenvalue weighted by molar-refractivity contribution is 7.86. The zero-order valence-electron chi connectivity index (χ0n) is 63.7. The van der Waals surface area contributed by atoms with Crippen LogP contribution in [0.3, 0.4) is 0 Å². The largest absolute Gasteiger partial charge is 0.456 e.